The smallest absolute Gasteiger partial charge is 0.124 e. The van der Waals surface area contributed by atoms with Gasteiger partial charge >= 0.3 is 0 Å². The molecule has 1 heterocycles. The Hall–Kier alpha value is -1.91. The average molecular weight is 368 g/mol. The quantitative estimate of drug-likeness (QED) is 0.795. The fourth-order valence-corrected chi connectivity index (χ4v) is 4.61. The topological polar surface area (TPSA) is 15.7 Å². The first-order chi connectivity index (χ1) is 13.0. The summed E-state index contributed by atoms with van der Waals surface area (Å²) < 4.78 is 20.3. The van der Waals surface area contributed by atoms with Crippen molar-refractivity contribution >= 4 is 0 Å². The lowest BCUT2D eigenvalue weighted by atomic mass is 9.81. The Morgan fingerprint density at radius 1 is 1.11 bits per heavy atom. The molecule has 1 aliphatic heterocycles. The molecule has 4 heteroatoms. The number of benzene rings is 2. The van der Waals surface area contributed by atoms with Gasteiger partial charge in [0, 0.05) is 31.2 Å². The second-order valence-electron chi connectivity index (χ2n) is 8.36. The Labute approximate surface area is 161 Å². The zero-order chi connectivity index (χ0) is 18.9. The second-order valence-corrected chi connectivity index (χ2v) is 8.36. The Balaban J connectivity index is 1.59. The summed E-state index contributed by atoms with van der Waals surface area (Å²) in [7, 11) is 4.34. The van der Waals surface area contributed by atoms with Crippen molar-refractivity contribution in [3.8, 4) is 5.75 Å². The second kappa shape index (κ2) is 7.61. The van der Waals surface area contributed by atoms with Gasteiger partial charge in [-0.1, -0.05) is 30.3 Å². The molecule has 0 saturated heterocycles. The highest BCUT2D eigenvalue weighted by Crippen LogP contribution is 2.39. The molecule has 144 valence electrons. The van der Waals surface area contributed by atoms with Crippen LogP contribution in [0.1, 0.15) is 36.8 Å². The third kappa shape index (κ3) is 4.17. The van der Waals surface area contributed by atoms with Crippen LogP contribution in [0.4, 0.5) is 4.39 Å². The van der Waals surface area contributed by atoms with Gasteiger partial charge < -0.3 is 9.64 Å². The maximum atomic E-state index is 13.7. The Morgan fingerprint density at radius 2 is 1.89 bits per heavy atom. The highest BCUT2D eigenvalue weighted by atomic mass is 19.1. The Morgan fingerprint density at radius 3 is 2.63 bits per heavy atom. The molecule has 3 nitrogen and oxygen atoms in total. The first kappa shape index (κ1) is 18.5. The van der Waals surface area contributed by atoms with Crippen molar-refractivity contribution in [2.45, 2.75) is 50.4 Å². The number of nitrogens with zero attached hydrogens (tertiary/aromatic N) is 2. The zero-order valence-corrected chi connectivity index (χ0v) is 16.3. The third-order valence-electron chi connectivity index (χ3n) is 6.10. The highest BCUT2D eigenvalue weighted by molar-refractivity contribution is 5.35. The molecule has 0 radical (unpaired) electrons. The largest absolute Gasteiger partial charge is 0.486 e. The van der Waals surface area contributed by atoms with E-state index in [0.29, 0.717) is 6.04 Å². The number of para-hydroxylation sites is 1. The van der Waals surface area contributed by atoms with Gasteiger partial charge in [0.05, 0.1) is 0 Å². The van der Waals surface area contributed by atoms with Crippen molar-refractivity contribution in [2.75, 3.05) is 20.6 Å². The standard InChI is InChI=1S/C23H29FN2O/c1-25(2)21-10-12-23(13-11-21)17-26(15-18-6-5-8-20(24)14-18)16-19-7-3-4-9-22(19)27-23/h3-9,14,21H,10-13,15-17H2,1-2H3. The van der Waals surface area contributed by atoms with Gasteiger partial charge in [0.1, 0.15) is 17.2 Å². The summed E-state index contributed by atoms with van der Waals surface area (Å²) >= 11 is 0. The number of hydrogen-bond acceptors (Lipinski definition) is 3. The summed E-state index contributed by atoms with van der Waals surface area (Å²) in [5.41, 5.74) is 2.10. The van der Waals surface area contributed by atoms with Gasteiger partial charge in [-0.25, -0.2) is 4.39 Å². The molecule has 0 unspecified atom stereocenters. The molecule has 0 atom stereocenters. The summed E-state index contributed by atoms with van der Waals surface area (Å²) in [6.07, 6.45) is 4.43. The van der Waals surface area contributed by atoms with Gasteiger partial charge in [-0.05, 0) is 63.5 Å². The Bertz CT molecular complexity index is 783. The molecule has 27 heavy (non-hydrogen) atoms. The van der Waals surface area contributed by atoms with Gasteiger partial charge in [-0.15, -0.1) is 0 Å². The van der Waals surface area contributed by atoms with E-state index < -0.39 is 0 Å². The van der Waals surface area contributed by atoms with E-state index in [-0.39, 0.29) is 11.4 Å². The lowest BCUT2D eigenvalue weighted by Crippen LogP contribution is -2.50. The molecular formula is C23H29FN2O. The van der Waals surface area contributed by atoms with E-state index in [4.69, 9.17) is 4.74 Å². The van der Waals surface area contributed by atoms with Crippen LogP contribution in [0.25, 0.3) is 0 Å². The molecule has 0 amide bonds. The number of halogens is 1. The first-order valence-electron chi connectivity index (χ1n) is 9.93. The minimum atomic E-state index is -0.167. The van der Waals surface area contributed by atoms with Gasteiger partial charge in [0.2, 0.25) is 0 Å². The summed E-state index contributed by atoms with van der Waals surface area (Å²) in [6, 6.07) is 16.0. The number of hydrogen-bond donors (Lipinski definition) is 0. The number of rotatable bonds is 3. The molecule has 0 aromatic heterocycles. The van der Waals surface area contributed by atoms with E-state index >= 15 is 0 Å². The predicted octanol–water partition coefficient (Wildman–Crippen LogP) is 4.46. The summed E-state index contributed by atoms with van der Waals surface area (Å²) in [5, 5.41) is 0. The lowest BCUT2D eigenvalue weighted by molar-refractivity contribution is -0.0135. The van der Waals surface area contributed by atoms with E-state index in [1.807, 2.05) is 6.07 Å². The van der Waals surface area contributed by atoms with Gasteiger partial charge in [0.15, 0.2) is 0 Å². The van der Waals surface area contributed by atoms with Crippen molar-refractivity contribution in [1.82, 2.24) is 9.80 Å². The van der Waals surface area contributed by atoms with E-state index in [0.717, 1.165) is 56.6 Å². The van der Waals surface area contributed by atoms with Crippen LogP contribution in [0.5, 0.6) is 5.75 Å². The molecule has 0 N–H and O–H groups in total. The van der Waals surface area contributed by atoms with Crippen LogP contribution in [-0.4, -0.2) is 42.1 Å². The van der Waals surface area contributed by atoms with Crippen LogP contribution in [0, 0.1) is 5.82 Å². The molecule has 1 aliphatic carbocycles. The average Bonchev–Trinajstić information content (AvgIpc) is 2.78. The summed E-state index contributed by atoms with van der Waals surface area (Å²) in [4.78, 5) is 4.76. The number of fused-ring (bicyclic) bond motifs is 1. The van der Waals surface area contributed by atoms with Crippen molar-refractivity contribution in [3.05, 3.63) is 65.5 Å². The summed E-state index contributed by atoms with van der Waals surface area (Å²) in [5.74, 6) is 0.850. The van der Waals surface area contributed by atoms with E-state index in [1.165, 1.54) is 11.6 Å². The van der Waals surface area contributed by atoms with E-state index in [2.05, 4.69) is 48.2 Å². The molecule has 1 saturated carbocycles. The van der Waals surface area contributed by atoms with E-state index in [1.54, 1.807) is 12.1 Å². The van der Waals surface area contributed by atoms with Gasteiger partial charge in [-0.3, -0.25) is 4.90 Å². The first-order valence-corrected chi connectivity index (χ1v) is 9.93. The third-order valence-corrected chi connectivity index (χ3v) is 6.10. The van der Waals surface area contributed by atoms with Crippen LogP contribution in [0.15, 0.2) is 48.5 Å². The van der Waals surface area contributed by atoms with Gasteiger partial charge in [0.25, 0.3) is 0 Å². The normalized spacial score (nSPS) is 25.9. The van der Waals surface area contributed by atoms with Crippen LogP contribution < -0.4 is 4.74 Å². The van der Waals surface area contributed by atoms with E-state index in [9.17, 15) is 4.39 Å². The lowest BCUT2D eigenvalue weighted by Gasteiger charge is -2.43. The molecule has 2 aromatic rings. The molecular weight excluding hydrogens is 339 g/mol. The van der Waals surface area contributed by atoms with Gasteiger partial charge in [-0.2, -0.15) is 0 Å². The monoisotopic (exact) mass is 368 g/mol. The van der Waals surface area contributed by atoms with Crippen molar-refractivity contribution in [3.63, 3.8) is 0 Å². The van der Waals surface area contributed by atoms with Crippen LogP contribution in [0.2, 0.25) is 0 Å². The summed E-state index contributed by atoms with van der Waals surface area (Å²) in [6.45, 7) is 2.47. The Kier molecular flexibility index (Phi) is 5.20. The fraction of sp³-hybridized carbons (Fsp3) is 0.478. The molecule has 2 aromatic carbocycles. The maximum Gasteiger partial charge on any atom is 0.124 e. The SMILES string of the molecule is CN(C)C1CCC2(CC1)CN(Cc1cccc(F)c1)Cc1ccccc1O2. The van der Waals surface area contributed by atoms with Crippen molar-refractivity contribution < 1.29 is 9.13 Å². The predicted molar refractivity (Wildman–Crippen MR) is 106 cm³/mol. The molecule has 1 spiro atoms. The zero-order valence-electron chi connectivity index (χ0n) is 16.3. The van der Waals surface area contributed by atoms with Crippen LogP contribution in [0.3, 0.4) is 0 Å². The van der Waals surface area contributed by atoms with Crippen LogP contribution >= 0.6 is 0 Å². The molecule has 0 bridgehead atoms. The van der Waals surface area contributed by atoms with Crippen molar-refractivity contribution in [2.24, 2.45) is 0 Å². The highest BCUT2D eigenvalue weighted by Gasteiger charge is 2.41. The van der Waals surface area contributed by atoms with Crippen LogP contribution in [-0.2, 0) is 13.1 Å². The minimum Gasteiger partial charge on any atom is -0.486 e. The molecule has 1 fully saturated rings. The fourth-order valence-electron chi connectivity index (χ4n) is 4.61. The van der Waals surface area contributed by atoms with Crippen molar-refractivity contribution in [1.29, 1.82) is 0 Å². The number of ether oxygens (including phenoxy) is 1. The maximum absolute atomic E-state index is 13.7. The molecule has 2 aliphatic rings. The molecule has 4 rings (SSSR count). The minimum absolute atomic E-state index is 0.146.